The summed E-state index contributed by atoms with van der Waals surface area (Å²) >= 11 is 0. The minimum Gasteiger partial charge on any atom is -0.212 e. The van der Waals surface area contributed by atoms with Crippen molar-refractivity contribution in [3.63, 3.8) is 0 Å². The molecule has 0 heterocycles. The van der Waals surface area contributed by atoms with Gasteiger partial charge in [0.25, 0.3) is 0 Å². The van der Waals surface area contributed by atoms with Gasteiger partial charge in [-0.2, -0.15) is 0 Å². The fourth-order valence-electron chi connectivity index (χ4n) is 1.71. The second kappa shape index (κ2) is 6.39. The maximum atomic E-state index is 13.4. The molecule has 1 heteroatoms. The molecule has 0 unspecified atom stereocenters. The minimum absolute atomic E-state index is 0.0442. The number of rotatable bonds is 5. The van der Waals surface area contributed by atoms with E-state index in [0.29, 0.717) is 0 Å². The number of allylic oxidation sites excluding steroid dienone is 2. The van der Waals surface area contributed by atoms with E-state index < -0.39 is 0 Å². The molecule has 0 aromatic heterocycles. The van der Waals surface area contributed by atoms with Gasteiger partial charge >= 0.3 is 0 Å². The maximum Gasteiger partial charge on any atom is 0.101 e. The summed E-state index contributed by atoms with van der Waals surface area (Å²) in [5, 5.41) is 0. The van der Waals surface area contributed by atoms with Gasteiger partial charge in [-0.05, 0) is 30.9 Å². The molecule has 0 amide bonds. The normalized spacial score (nSPS) is 12.5. The highest BCUT2D eigenvalue weighted by Crippen LogP contribution is 2.25. The van der Waals surface area contributed by atoms with Crippen LogP contribution in [0, 0.1) is 0 Å². The second-order valence-corrected chi connectivity index (χ2v) is 3.84. The Kier molecular flexibility index (Phi) is 5.09. The summed E-state index contributed by atoms with van der Waals surface area (Å²) in [5.41, 5.74) is 1.89. The first-order valence-electron chi connectivity index (χ1n) is 5.66. The number of unbranched alkanes of at least 4 members (excludes halogenated alkanes) is 2. The summed E-state index contributed by atoms with van der Waals surface area (Å²) in [5.74, 6) is -0.0442. The van der Waals surface area contributed by atoms with Gasteiger partial charge in [-0.25, -0.2) is 4.39 Å². The van der Waals surface area contributed by atoms with E-state index in [0.717, 1.165) is 24.0 Å². The lowest BCUT2D eigenvalue weighted by Crippen LogP contribution is -1.87. The molecule has 0 aliphatic rings. The molecule has 0 radical (unpaired) electrons. The van der Waals surface area contributed by atoms with Crippen molar-refractivity contribution in [2.75, 3.05) is 0 Å². The highest BCUT2D eigenvalue weighted by molar-refractivity contribution is 5.66. The van der Waals surface area contributed by atoms with Crippen LogP contribution >= 0.6 is 0 Å². The topological polar surface area (TPSA) is 0 Å². The van der Waals surface area contributed by atoms with Gasteiger partial charge in [-0.15, -0.1) is 0 Å². The Morgan fingerprint density at radius 3 is 2.33 bits per heavy atom. The number of benzene rings is 1. The van der Waals surface area contributed by atoms with Crippen molar-refractivity contribution >= 4 is 5.57 Å². The summed E-state index contributed by atoms with van der Waals surface area (Å²) in [6.45, 7) is 3.71. The Hall–Kier alpha value is -1.11. The lowest BCUT2D eigenvalue weighted by molar-refractivity contribution is 0.633. The summed E-state index contributed by atoms with van der Waals surface area (Å²) in [6.07, 6.45) is 4.26. The highest BCUT2D eigenvalue weighted by Gasteiger charge is 2.04. The van der Waals surface area contributed by atoms with Crippen LogP contribution in [0.2, 0.25) is 0 Å². The molecule has 0 atom stereocenters. The van der Waals surface area contributed by atoms with E-state index in [1.807, 2.05) is 30.3 Å². The average Bonchev–Trinajstić information content (AvgIpc) is 2.25. The van der Waals surface area contributed by atoms with Crippen molar-refractivity contribution in [2.24, 2.45) is 0 Å². The number of halogens is 1. The van der Waals surface area contributed by atoms with Crippen LogP contribution in [0.1, 0.15) is 45.1 Å². The van der Waals surface area contributed by atoms with E-state index in [1.54, 1.807) is 6.92 Å². The van der Waals surface area contributed by atoms with Crippen LogP contribution in [0.5, 0.6) is 0 Å². The summed E-state index contributed by atoms with van der Waals surface area (Å²) in [6, 6.07) is 9.83. The molecule has 0 saturated carbocycles. The standard InChI is InChI=1S/C14H19F/c1-3-4-6-11-14(12(2)15)13-9-7-5-8-10-13/h5,7-10H,3-4,6,11H2,1-2H3. The van der Waals surface area contributed by atoms with Crippen LogP contribution in [0.15, 0.2) is 36.2 Å². The Morgan fingerprint density at radius 2 is 1.80 bits per heavy atom. The second-order valence-electron chi connectivity index (χ2n) is 3.84. The van der Waals surface area contributed by atoms with Gasteiger partial charge in [-0.3, -0.25) is 0 Å². The Bertz CT molecular complexity index is 307. The molecule has 0 fully saturated rings. The molecule has 82 valence electrons. The number of hydrogen-bond donors (Lipinski definition) is 0. The largest absolute Gasteiger partial charge is 0.212 e. The molecule has 1 rings (SSSR count). The summed E-state index contributed by atoms with van der Waals surface area (Å²) < 4.78 is 13.4. The fraction of sp³-hybridized carbons (Fsp3) is 0.429. The molecule has 15 heavy (non-hydrogen) atoms. The van der Waals surface area contributed by atoms with E-state index in [4.69, 9.17) is 0 Å². The van der Waals surface area contributed by atoms with E-state index in [1.165, 1.54) is 12.8 Å². The number of hydrogen-bond acceptors (Lipinski definition) is 0. The van der Waals surface area contributed by atoms with Crippen LogP contribution in [-0.4, -0.2) is 0 Å². The third-order valence-electron chi connectivity index (χ3n) is 2.57. The van der Waals surface area contributed by atoms with Crippen LogP contribution in [0.3, 0.4) is 0 Å². The van der Waals surface area contributed by atoms with Crippen molar-refractivity contribution in [2.45, 2.75) is 39.5 Å². The molecule has 1 aromatic carbocycles. The van der Waals surface area contributed by atoms with Gasteiger partial charge in [0.15, 0.2) is 0 Å². The highest BCUT2D eigenvalue weighted by atomic mass is 19.1. The van der Waals surface area contributed by atoms with Gasteiger partial charge in [0.2, 0.25) is 0 Å². The van der Waals surface area contributed by atoms with Crippen LogP contribution < -0.4 is 0 Å². The monoisotopic (exact) mass is 206 g/mol. The smallest absolute Gasteiger partial charge is 0.101 e. The molecule has 0 aliphatic heterocycles. The first kappa shape index (κ1) is 12.0. The Labute approximate surface area is 91.8 Å². The van der Waals surface area contributed by atoms with E-state index in [2.05, 4.69) is 6.92 Å². The molecule has 0 saturated heterocycles. The van der Waals surface area contributed by atoms with Crippen molar-refractivity contribution in [1.29, 1.82) is 0 Å². The predicted octanol–water partition coefficient (Wildman–Crippen LogP) is 4.97. The van der Waals surface area contributed by atoms with Crippen LogP contribution in [0.25, 0.3) is 5.57 Å². The molecule has 0 spiro atoms. The molecule has 0 aliphatic carbocycles. The third kappa shape index (κ3) is 3.86. The maximum absolute atomic E-state index is 13.4. The fourth-order valence-corrected chi connectivity index (χ4v) is 1.71. The van der Waals surface area contributed by atoms with Crippen LogP contribution in [-0.2, 0) is 0 Å². The van der Waals surface area contributed by atoms with Gasteiger partial charge in [0, 0.05) is 0 Å². The first-order chi connectivity index (χ1) is 7.25. The van der Waals surface area contributed by atoms with E-state index in [-0.39, 0.29) is 5.83 Å². The minimum atomic E-state index is -0.0442. The Balaban J connectivity index is 2.73. The van der Waals surface area contributed by atoms with Gasteiger partial charge in [0.1, 0.15) is 5.83 Å². The molecule has 0 nitrogen and oxygen atoms in total. The lowest BCUT2D eigenvalue weighted by atomic mass is 9.99. The van der Waals surface area contributed by atoms with Crippen molar-refractivity contribution in [3.8, 4) is 0 Å². The van der Waals surface area contributed by atoms with Crippen molar-refractivity contribution in [1.82, 2.24) is 0 Å². The van der Waals surface area contributed by atoms with Gasteiger partial charge in [0.05, 0.1) is 0 Å². The van der Waals surface area contributed by atoms with Gasteiger partial charge in [-0.1, -0.05) is 50.1 Å². The van der Waals surface area contributed by atoms with Crippen molar-refractivity contribution in [3.05, 3.63) is 41.7 Å². The molecule has 1 aromatic rings. The molecular weight excluding hydrogens is 187 g/mol. The van der Waals surface area contributed by atoms with Crippen molar-refractivity contribution < 1.29 is 4.39 Å². The lowest BCUT2D eigenvalue weighted by Gasteiger charge is -2.07. The molecular formula is C14H19F. The third-order valence-corrected chi connectivity index (χ3v) is 2.57. The van der Waals surface area contributed by atoms with E-state index >= 15 is 0 Å². The zero-order valence-electron chi connectivity index (χ0n) is 9.59. The predicted molar refractivity (Wildman–Crippen MR) is 64.3 cm³/mol. The quantitative estimate of drug-likeness (QED) is 0.597. The van der Waals surface area contributed by atoms with E-state index in [9.17, 15) is 4.39 Å². The average molecular weight is 206 g/mol. The zero-order valence-corrected chi connectivity index (χ0v) is 9.59. The molecule has 0 bridgehead atoms. The summed E-state index contributed by atoms with van der Waals surface area (Å²) in [4.78, 5) is 0. The van der Waals surface area contributed by atoms with Gasteiger partial charge < -0.3 is 0 Å². The first-order valence-corrected chi connectivity index (χ1v) is 5.66. The Morgan fingerprint density at radius 1 is 1.13 bits per heavy atom. The SMILES string of the molecule is CCCCCC(=C(C)F)c1ccccc1. The summed E-state index contributed by atoms with van der Waals surface area (Å²) in [7, 11) is 0. The zero-order chi connectivity index (χ0) is 11.1. The molecule has 0 N–H and O–H groups in total. The van der Waals surface area contributed by atoms with Crippen LogP contribution in [0.4, 0.5) is 4.39 Å².